The van der Waals surface area contributed by atoms with Crippen LogP contribution in [0.1, 0.15) is 16.9 Å². The molecule has 0 bridgehead atoms. The van der Waals surface area contributed by atoms with Crippen molar-refractivity contribution in [1.29, 1.82) is 0 Å². The van der Waals surface area contributed by atoms with Crippen molar-refractivity contribution in [3.8, 4) is 0 Å². The van der Waals surface area contributed by atoms with Gasteiger partial charge in [-0.15, -0.1) is 11.3 Å². The van der Waals surface area contributed by atoms with Crippen LogP contribution < -0.4 is 5.32 Å². The fourth-order valence-corrected chi connectivity index (χ4v) is 2.78. The van der Waals surface area contributed by atoms with E-state index in [0.29, 0.717) is 18.5 Å². The Labute approximate surface area is 120 Å². The Bertz CT molecular complexity index is 568. The minimum Gasteiger partial charge on any atom is -0.392 e. The molecule has 0 saturated carbocycles. The molecular weight excluding hydrogens is 282 g/mol. The fraction of sp³-hybridized carbons (Fsp3) is 0.214. The number of carbonyl (C=O) groups is 1. The zero-order valence-corrected chi connectivity index (χ0v) is 11.8. The zero-order valence-electron chi connectivity index (χ0n) is 10.2. The van der Waals surface area contributed by atoms with E-state index >= 15 is 0 Å². The number of aliphatic hydroxyl groups excluding tert-OH is 1. The van der Waals surface area contributed by atoms with E-state index in [9.17, 15) is 4.79 Å². The maximum Gasteiger partial charge on any atom is 0.224 e. The summed E-state index contributed by atoms with van der Waals surface area (Å²) in [5.41, 5.74) is 1.49. The Morgan fingerprint density at radius 3 is 2.84 bits per heavy atom. The molecule has 2 rings (SSSR count). The van der Waals surface area contributed by atoms with Crippen molar-refractivity contribution < 1.29 is 9.90 Å². The highest BCUT2D eigenvalue weighted by Gasteiger charge is 2.05. The molecule has 0 spiro atoms. The standard InChI is InChI=1S/C14H14ClNO2S/c15-13-6-4-12(19-13)5-7-14(18)16-11-3-1-2-10(8-11)9-17/h1-4,6,8,17H,5,7,9H2,(H,16,18). The summed E-state index contributed by atoms with van der Waals surface area (Å²) in [5, 5.41) is 11.8. The number of rotatable bonds is 5. The molecule has 0 saturated heterocycles. The second-order valence-electron chi connectivity index (χ2n) is 4.11. The molecule has 0 aliphatic heterocycles. The summed E-state index contributed by atoms with van der Waals surface area (Å²) in [6.45, 7) is -0.0304. The molecule has 0 unspecified atom stereocenters. The minimum atomic E-state index is -0.0420. The van der Waals surface area contributed by atoms with Crippen molar-refractivity contribution in [3.05, 3.63) is 51.2 Å². The van der Waals surface area contributed by atoms with Crippen LogP contribution in [-0.4, -0.2) is 11.0 Å². The first kappa shape index (κ1) is 14.1. The number of aryl methyl sites for hydroxylation is 1. The van der Waals surface area contributed by atoms with Crippen LogP contribution in [0.2, 0.25) is 4.34 Å². The average molecular weight is 296 g/mol. The van der Waals surface area contributed by atoms with Crippen LogP contribution in [0.3, 0.4) is 0 Å². The summed E-state index contributed by atoms with van der Waals surface area (Å²) in [5.74, 6) is -0.0420. The Balaban J connectivity index is 1.86. The summed E-state index contributed by atoms with van der Waals surface area (Å²) in [7, 11) is 0. The predicted octanol–water partition coefficient (Wildman–Crippen LogP) is 3.47. The van der Waals surface area contributed by atoms with E-state index in [1.54, 1.807) is 18.2 Å². The number of carbonyl (C=O) groups excluding carboxylic acids is 1. The number of thiophene rings is 1. The van der Waals surface area contributed by atoms with Crippen LogP contribution >= 0.6 is 22.9 Å². The van der Waals surface area contributed by atoms with Crippen LogP contribution in [-0.2, 0) is 17.8 Å². The second-order valence-corrected chi connectivity index (χ2v) is 5.91. The van der Waals surface area contributed by atoms with Crippen LogP contribution in [0.4, 0.5) is 5.69 Å². The van der Waals surface area contributed by atoms with Gasteiger partial charge < -0.3 is 10.4 Å². The van der Waals surface area contributed by atoms with Crippen molar-refractivity contribution in [2.24, 2.45) is 0 Å². The van der Waals surface area contributed by atoms with Gasteiger partial charge in [-0.1, -0.05) is 23.7 Å². The van der Waals surface area contributed by atoms with Gasteiger partial charge in [-0.05, 0) is 36.2 Å². The highest BCUT2D eigenvalue weighted by Crippen LogP contribution is 2.22. The minimum absolute atomic E-state index is 0.0304. The number of nitrogens with one attached hydrogen (secondary N) is 1. The summed E-state index contributed by atoms with van der Waals surface area (Å²) in [6, 6.07) is 11.0. The van der Waals surface area contributed by atoms with E-state index in [0.717, 1.165) is 14.8 Å². The van der Waals surface area contributed by atoms with Gasteiger partial charge in [0.2, 0.25) is 5.91 Å². The molecule has 3 nitrogen and oxygen atoms in total. The lowest BCUT2D eigenvalue weighted by atomic mass is 10.2. The molecule has 0 fully saturated rings. The van der Waals surface area contributed by atoms with Gasteiger partial charge in [-0.25, -0.2) is 0 Å². The van der Waals surface area contributed by atoms with Crippen molar-refractivity contribution in [2.75, 3.05) is 5.32 Å². The van der Waals surface area contributed by atoms with Crippen molar-refractivity contribution >= 4 is 34.5 Å². The molecular formula is C14H14ClNO2S. The Hall–Kier alpha value is -1.36. The summed E-state index contributed by atoms with van der Waals surface area (Å²) >= 11 is 7.33. The first-order valence-corrected chi connectivity index (χ1v) is 7.10. The Kier molecular flexibility index (Phi) is 4.96. The molecule has 0 radical (unpaired) electrons. The van der Waals surface area contributed by atoms with Crippen molar-refractivity contribution in [2.45, 2.75) is 19.4 Å². The van der Waals surface area contributed by atoms with Crippen LogP contribution in [0.25, 0.3) is 0 Å². The molecule has 1 heterocycles. The molecule has 1 aromatic carbocycles. The van der Waals surface area contributed by atoms with E-state index < -0.39 is 0 Å². The van der Waals surface area contributed by atoms with Crippen LogP contribution in [0, 0.1) is 0 Å². The van der Waals surface area contributed by atoms with E-state index in [1.165, 1.54) is 11.3 Å². The van der Waals surface area contributed by atoms with E-state index in [4.69, 9.17) is 16.7 Å². The van der Waals surface area contributed by atoms with E-state index in [1.807, 2.05) is 18.2 Å². The first-order chi connectivity index (χ1) is 9.17. The molecule has 2 aromatic rings. The number of hydrogen-bond donors (Lipinski definition) is 2. The van der Waals surface area contributed by atoms with Gasteiger partial charge in [0.25, 0.3) is 0 Å². The second kappa shape index (κ2) is 6.70. The predicted molar refractivity (Wildman–Crippen MR) is 78.6 cm³/mol. The van der Waals surface area contributed by atoms with E-state index in [2.05, 4.69) is 5.32 Å². The summed E-state index contributed by atoms with van der Waals surface area (Å²) in [4.78, 5) is 12.9. The van der Waals surface area contributed by atoms with Gasteiger partial charge in [0.1, 0.15) is 0 Å². The summed E-state index contributed by atoms with van der Waals surface area (Å²) in [6.07, 6.45) is 1.10. The van der Waals surface area contributed by atoms with Gasteiger partial charge in [-0.2, -0.15) is 0 Å². The van der Waals surface area contributed by atoms with Gasteiger partial charge in [0.15, 0.2) is 0 Å². The largest absolute Gasteiger partial charge is 0.392 e. The molecule has 0 aliphatic rings. The quantitative estimate of drug-likeness (QED) is 0.887. The third kappa shape index (κ3) is 4.35. The zero-order chi connectivity index (χ0) is 13.7. The van der Waals surface area contributed by atoms with Crippen molar-refractivity contribution in [3.63, 3.8) is 0 Å². The number of hydrogen-bond acceptors (Lipinski definition) is 3. The number of benzene rings is 1. The lowest BCUT2D eigenvalue weighted by molar-refractivity contribution is -0.116. The Morgan fingerprint density at radius 1 is 1.32 bits per heavy atom. The monoisotopic (exact) mass is 295 g/mol. The van der Waals surface area contributed by atoms with Gasteiger partial charge >= 0.3 is 0 Å². The number of amides is 1. The average Bonchev–Trinajstić information content (AvgIpc) is 2.82. The van der Waals surface area contributed by atoms with Gasteiger partial charge in [0.05, 0.1) is 10.9 Å². The highest BCUT2D eigenvalue weighted by atomic mass is 35.5. The fourth-order valence-electron chi connectivity index (χ4n) is 1.69. The SMILES string of the molecule is O=C(CCc1ccc(Cl)s1)Nc1cccc(CO)c1. The van der Waals surface area contributed by atoms with E-state index in [-0.39, 0.29) is 12.5 Å². The molecule has 2 N–H and O–H groups in total. The summed E-state index contributed by atoms with van der Waals surface area (Å²) < 4.78 is 0.742. The van der Waals surface area contributed by atoms with Gasteiger partial charge in [0, 0.05) is 17.0 Å². The number of anilines is 1. The number of halogens is 1. The normalized spacial score (nSPS) is 10.4. The topological polar surface area (TPSA) is 49.3 Å². The lowest BCUT2D eigenvalue weighted by Gasteiger charge is -2.06. The molecule has 100 valence electrons. The smallest absolute Gasteiger partial charge is 0.224 e. The molecule has 5 heteroatoms. The first-order valence-electron chi connectivity index (χ1n) is 5.91. The third-order valence-corrected chi connectivity index (χ3v) is 3.91. The maximum absolute atomic E-state index is 11.8. The molecule has 0 aliphatic carbocycles. The maximum atomic E-state index is 11.8. The molecule has 1 amide bonds. The lowest BCUT2D eigenvalue weighted by Crippen LogP contribution is -2.12. The molecule has 19 heavy (non-hydrogen) atoms. The third-order valence-electron chi connectivity index (χ3n) is 2.62. The Morgan fingerprint density at radius 2 is 2.16 bits per heavy atom. The number of aliphatic hydroxyl groups is 1. The molecule has 1 aromatic heterocycles. The highest BCUT2D eigenvalue weighted by molar-refractivity contribution is 7.16. The van der Waals surface area contributed by atoms with Crippen LogP contribution in [0.15, 0.2) is 36.4 Å². The van der Waals surface area contributed by atoms with Gasteiger partial charge in [-0.3, -0.25) is 4.79 Å². The van der Waals surface area contributed by atoms with Crippen LogP contribution in [0.5, 0.6) is 0 Å². The molecule has 0 atom stereocenters. The van der Waals surface area contributed by atoms with Crippen molar-refractivity contribution in [1.82, 2.24) is 0 Å².